The average molecular weight is 372 g/mol. The lowest BCUT2D eigenvalue weighted by molar-refractivity contribution is -0.145. The number of rotatable bonds is 2. The van der Waals surface area contributed by atoms with E-state index in [1.807, 2.05) is 13.0 Å². The summed E-state index contributed by atoms with van der Waals surface area (Å²) in [6.07, 6.45) is -0.559. The van der Waals surface area contributed by atoms with Crippen LogP contribution in [0.3, 0.4) is 0 Å². The number of ether oxygens (including phenoxy) is 3. The fraction of sp³-hybridized carbons (Fsp3) is 0.421. The van der Waals surface area contributed by atoms with Gasteiger partial charge in [-0.25, -0.2) is 4.79 Å². The maximum Gasteiger partial charge on any atom is 0.333 e. The van der Waals surface area contributed by atoms with Gasteiger partial charge in [-0.3, -0.25) is 18.7 Å². The van der Waals surface area contributed by atoms with E-state index in [0.717, 1.165) is 4.57 Å². The van der Waals surface area contributed by atoms with Crippen LogP contribution in [0.2, 0.25) is 0 Å². The normalized spacial score (nSPS) is 22.8. The second-order valence-electron chi connectivity index (χ2n) is 6.78. The monoisotopic (exact) mass is 372 g/mol. The molecule has 4 rings (SSSR count). The van der Waals surface area contributed by atoms with Crippen molar-refractivity contribution in [1.82, 2.24) is 9.13 Å². The lowest BCUT2D eigenvalue weighted by Crippen LogP contribution is -2.50. The molecule has 2 aliphatic rings. The lowest BCUT2D eigenvalue weighted by Gasteiger charge is -2.40. The van der Waals surface area contributed by atoms with E-state index in [1.54, 1.807) is 26.1 Å². The van der Waals surface area contributed by atoms with Crippen molar-refractivity contribution < 1.29 is 19.0 Å². The number of para-hydroxylation sites is 1. The fourth-order valence-corrected chi connectivity index (χ4v) is 3.96. The number of esters is 1. The highest BCUT2D eigenvalue weighted by molar-refractivity contribution is 5.83. The molecule has 3 heterocycles. The molecule has 0 spiro atoms. The van der Waals surface area contributed by atoms with Gasteiger partial charge in [0.15, 0.2) is 11.5 Å². The van der Waals surface area contributed by atoms with Crippen LogP contribution in [0.25, 0.3) is 0 Å². The Labute approximate surface area is 154 Å². The van der Waals surface area contributed by atoms with Gasteiger partial charge in [-0.05, 0) is 19.9 Å². The highest BCUT2D eigenvalue weighted by atomic mass is 16.6. The van der Waals surface area contributed by atoms with Gasteiger partial charge in [0.25, 0.3) is 5.56 Å². The maximum absolute atomic E-state index is 13.0. The van der Waals surface area contributed by atoms with E-state index >= 15 is 0 Å². The van der Waals surface area contributed by atoms with E-state index in [9.17, 15) is 14.4 Å². The Balaban J connectivity index is 2.06. The minimum atomic E-state index is -0.688. The minimum Gasteiger partial charge on any atom is -0.490 e. The first kappa shape index (κ1) is 17.4. The summed E-state index contributed by atoms with van der Waals surface area (Å²) < 4.78 is 19.3. The number of carbonyl (C=O) groups is 1. The van der Waals surface area contributed by atoms with Crippen molar-refractivity contribution >= 4 is 5.97 Å². The van der Waals surface area contributed by atoms with Crippen LogP contribution < -0.4 is 25.5 Å². The zero-order valence-corrected chi connectivity index (χ0v) is 15.5. The van der Waals surface area contributed by atoms with Crippen LogP contribution >= 0.6 is 0 Å². The van der Waals surface area contributed by atoms with Crippen LogP contribution in [0, 0.1) is 5.92 Å². The molecule has 142 valence electrons. The SMILES string of the molecule is CCOc1cccc2c1OC(=O)[C@@H]1[C@H]2c2c(n(C)c(=O)n(C)c2=O)O[C@H]1C. The van der Waals surface area contributed by atoms with Gasteiger partial charge in [-0.15, -0.1) is 0 Å². The van der Waals surface area contributed by atoms with Crippen LogP contribution in [0.1, 0.15) is 30.9 Å². The zero-order chi connectivity index (χ0) is 19.5. The summed E-state index contributed by atoms with van der Waals surface area (Å²) in [6, 6.07) is 5.33. The standard InChI is InChI=1S/C19H20N2O6/c1-5-25-11-8-6-7-10-13-12(18(23)27-15(10)11)9(2)26-17-14(13)16(22)20(3)19(24)21(17)4/h6-9,12-13H,5H2,1-4H3/t9-,12-,13-/m0/s1. The molecule has 0 saturated heterocycles. The van der Waals surface area contributed by atoms with Gasteiger partial charge in [0, 0.05) is 25.6 Å². The van der Waals surface area contributed by atoms with E-state index < -0.39 is 35.2 Å². The van der Waals surface area contributed by atoms with Crippen LogP contribution in [0.5, 0.6) is 17.4 Å². The molecule has 0 unspecified atom stereocenters. The summed E-state index contributed by atoms with van der Waals surface area (Å²) in [5.74, 6) is -0.781. The molecular formula is C19H20N2O6. The van der Waals surface area contributed by atoms with Crippen molar-refractivity contribution in [3.8, 4) is 17.4 Å². The molecule has 8 nitrogen and oxygen atoms in total. The molecule has 8 heteroatoms. The number of aromatic nitrogens is 2. The molecule has 3 atom stereocenters. The van der Waals surface area contributed by atoms with E-state index in [1.165, 1.54) is 11.6 Å². The van der Waals surface area contributed by atoms with Gasteiger partial charge in [-0.1, -0.05) is 12.1 Å². The third-order valence-electron chi connectivity index (χ3n) is 5.24. The molecule has 0 amide bonds. The number of hydrogen-bond donors (Lipinski definition) is 0. The molecule has 0 radical (unpaired) electrons. The summed E-state index contributed by atoms with van der Waals surface area (Å²) in [5.41, 5.74) is 0.00971. The van der Waals surface area contributed by atoms with Gasteiger partial charge in [0.1, 0.15) is 12.0 Å². The molecule has 2 aliphatic heterocycles. The third kappa shape index (κ3) is 2.32. The molecular weight excluding hydrogens is 352 g/mol. The van der Waals surface area contributed by atoms with Gasteiger partial charge in [0.2, 0.25) is 5.88 Å². The summed E-state index contributed by atoms with van der Waals surface area (Å²) >= 11 is 0. The summed E-state index contributed by atoms with van der Waals surface area (Å²) in [6.45, 7) is 3.99. The molecule has 0 N–H and O–H groups in total. The third-order valence-corrected chi connectivity index (χ3v) is 5.24. The summed E-state index contributed by atoms with van der Waals surface area (Å²) in [4.78, 5) is 38.1. The molecule has 1 aromatic carbocycles. The first-order valence-corrected chi connectivity index (χ1v) is 8.80. The molecule has 0 fully saturated rings. The van der Waals surface area contributed by atoms with Crippen LogP contribution in [-0.2, 0) is 18.9 Å². The van der Waals surface area contributed by atoms with Gasteiger partial charge in [-0.2, -0.15) is 0 Å². The molecule has 27 heavy (non-hydrogen) atoms. The van der Waals surface area contributed by atoms with Crippen molar-refractivity contribution in [3.63, 3.8) is 0 Å². The Kier molecular flexibility index (Phi) is 3.87. The topological polar surface area (TPSA) is 88.8 Å². The molecule has 0 aliphatic carbocycles. The fourth-order valence-electron chi connectivity index (χ4n) is 3.96. The van der Waals surface area contributed by atoms with Gasteiger partial charge in [0.05, 0.1) is 12.2 Å². The zero-order valence-electron chi connectivity index (χ0n) is 15.5. The summed E-state index contributed by atoms with van der Waals surface area (Å²) in [5, 5.41) is 0. The van der Waals surface area contributed by atoms with Crippen LogP contribution in [0.15, 0.2) is 27.8 Å². The van der Waals surface area contributed by atoms with Crippen molar-refractivity contribution in [3.05, 3.63) is 50.2 Å². The number of nitrogens with zero attached hydrogens (tertiary/aromatic N) is 2. The Morgan fingerprint density at radius 1 is 1.15 bits per heavy atom. The minimum absolute atomic E-state index is 0.194. The molecule has 0 bridgehead atoms. The number of hydrogen-bond acceptors (Lipinski definition) is 6. The molecule has 2 aromatic rings. The highest BCUT2D eigenvalue weighted by Gasteiger charge is 2.50. The Bertz CT molecular complexity index is 1070. The van der Waals surface area contributed by atoms with Crippen LogP contribution in [-0.4, -0.2) is 27.8 Å². The summed E-state index contributed by atoms with van der Waals surface area (Å²) in [7, 11) is 2.96. The maximum atomic E-state index is 13.0. The number of benzene rings is 1. The Morgan fingerprint density at radius 2 is 1.89 bits per heavy atom. The lowest BCUT2D eigenvalue weighted by atomic mass is 9.75. The van der Waals surface area contributed by atoms with Crippen molar-refractivity contribution in [2.24, 2.45) is 20.0 Å². The molecule has 0 saturated carbocycles. The molecule has 1 aromatic heterocycles. The Morgan fingerprint density at radius 3 is 2.59 bits per heavy atom. The van der Waals surface area contributed by atoms with Crippen molar-refractivity contribution in [1.29, 1.82) is 0 Å². The predicted octanol–water partition coefficient (Wildman–Crippen LogP) is 0.931. The quantitative estimate of drug-likeness (QED) is 0.576. The second-order valence-corrected chi connectivity index (χ2v) is 6.78. The number of fused-ring (bicyclic) bond motifs is 5. The van der Waals surface area contributed by atoms with E-state index in [-0.39, 0.29) is 11.4 Å². The van der Waals surface area contributed by atoms with Crippen molar-refractivity contribution in [2.75, 3.05) is 6.61 Å². The number of carbonyl (C=O) groups excluding carboxylic acids is 1. The Hall–Kier alpha value is -3.03. The average Bonchev–Trinajstić information content (AvgIpc) is 2.65. The smallest absolute Gasteiger partial charge is 0.333 e. The van der Waals surface area contributed by atoms with Crippen molar-refractivity contribution in [2.45, 2.75) is 25.9 Å². The highest BCUT2D eigenvalue weighted by Crippen LogP contribution is 2.50. The predicted molar refractivity (Wildman–Crippen MR) is 95.6 cm³/mol. The van der Waals surface area contributed by atoms with Gasteiger partial charge < -0.3 is 14.2 Å². The first-order chi connectivity index (χ1) is 12.9. The van der Waals surface area contributed by atoms with E-state index in [0.29, 0.717) is 23.7 Å². The van der Waals surface area contributed by atoms with Crippen LogP contribution in [0.4, 0.5) is 0 Å². The van der Waals surface area contributed by atoms with E-state index in [2.05, 4.69) is 0 Å². The first-order valence-electron chi connectivity index (χ1n) is 8.80. The largest absolute Gasteiger partial charge is 0.490 e. The second kappa shape index (κ2) is 6.00. The van der Waals surface area contributed by atoms with E-state index in [4.69, 9.17) is 14.2 Å². The van der Waals surface area contributed by atoms with Gasteiger partial charge >= 0.3 is 11.7 Å².